The molecule has 0 atom stereocenters. The molecule has 3 nitrogen and oxygen atoms in total. The Hall–Kier alpha value is -0.570. The highest BCUT2D eigenvalue weighted by Crippen LogP contribution is 2.28. The van der Waals surface area contributed by atoms with Crippen LogP contribution in [0.2, 0.25) is 0 Å². The van der Waals surface area contributed by atoms with Crippen molar-refractivity contribution in [1.29, 1.82) is 0 Å². The predicted octanol–water partition coefficient (Wildman–Crippen LogP) is 2.58. The number of rotatable bonds is 5. The van der Waals surface area contributed by atoms with Gasteiger partial charge in [-0.25, -0.2) is 0 Å². The fraction of sp³-hybridized carbons (Fsp3) is 0.933. The highest BCUT2D eigenvalue weighted by Gasteiger charge is 2.40. The van der Waals surface area contributed by atoms with Gasteiger partial charge in [-0.3, -0.25) is 0 Å². The van der Waals surface area contributed by atoms with E-state index in [4.69, 9.17) is 0 Å². The zero-order valence-electron chi connectivity index (χ0n) is 13.8. The average Bonchev–Trinajstić information content (AvgIpc) is 2.16. The van der Waals surface area contributed by atoms with Crippen LogP contribution in [0.25, 0.3) is 0 Å². The molecule has 0 aliphatic carbocycles. The molecule has 0 fully saturated rings. The Labute approximate surface area is 114 Å². The lowest BCUT2D eigenvalue weighted by atomic mass is 10.0. The fourth-order valence-corrected chi connectivity index (χ4v) is 3.58. The molecule has 0 heterocycles. The topological polar surface area (TPSA) is 40.1 Å². The highest BCUT2D eigenvalue weighted by molar-refractivity contribution is 5.63. The number of carboxylic acid groups (broad SMARTS) is 1. The SMILES string of the molecule is CC(C)[N+](C(C)C)(C(C)C)C(C)C.CCC(=O)[O-]. The van der Waals surface area contributed by atoms with Crippen molar-refractivity contribution in [1.82, 2.24) is 0 Å². The van der Waals surface area contributed by atoms with E-state index in [1.54, 1.807) is 0 Å². The molecule has 0 aliphatic heterocycles. The second-order valence-corrected chi connectivity index (χ2v) is 5.99. The Morgan fingerprint density at radius 3 is 1.00 bits per heavy atom. The molecule has 0 aromatic heterocycles. The lowest BCUT2D eigenvalue weighted by Crippen LogP contribution is -2.65. The minimum atomic E-state index is -0.995. The van der Waals surface area contributed by atoms with Gasteiger partial charge >= 0.3 is 0 Å². The summed E-state index contributed by atoms with van der Waals surface area (Å²) < 4.78 is 1.22. The molecule has 0 spiro atoms. The summed E-state index contributed by atoms with van der Waals surface area (Å²) in [6.45, 7) is 20.3. The second kappa shape index (κ2) is 8.52. The first kappa shape index (κ1) is 19.8. The number of carbonyl (C=O) groups excluding carboxylic acids is 1. The van der Waals surface area contributed by atoms with E-state index < -0.39 is 5.97 Å². The maximum atomic E-state index is 9.26. The van der Waals surface area contributed by atoms with Crippen molar-refractivity contribution in [3.05, 3.63) is 0 Å². The van der Waals surface area contributed by atoms with E-state index in [2.05, 4.69) is 55.4 Å². The number of carboxylic acids is 1. The van der Waals surface area contributed by atoms with Crippen LogP contribution in [0, 0.1) is 0 Å². The monoisotopic (exact) mass is 259 g/mol. The van der Waals surface area contributed by atoms with Crippen molar-refractivity contribution in [3.63, 3.8) is 0 Å². The minimum absolute atomic E-state index is 0.111. The van der Waals surface area contributed by atoms with Gasteiger partial charge in [0.1, 0.15) is 0 Å². The number of aliphatic carboxylic acids is 1. The van der Waals surface area contributed by atoms with E-state index in [1.165, 1.54) is 11.4 Å². The summed E-state index contributed by atoms with van der Waals surface area (Å²) in [5.41, 5.74) is 0. The first-order valence-corrected chi connectivity index (χ1v) is 7.12. The summed E-state index contributed by atoms with van der Waals surface area (Å²) in [5.74, 6) is -0.995. The second-order valence-electron chi connectivity index (χ2n) is 5.99. The third-order valence-electron chi connectivity index (χ3n) is 3.87. The summed E-state index contributed by atoms with van der Waals surface area (Å²) in [7, 11) is 0. The largest absolute Gasteiger partial charge is 0.550 e. The van der Waals surface area contributed by atoms with Gasteiger partial charge in [0.05, 0.1) is 24.2 Å². The Kier molecular flexibility index (Phi) is 9.35. The van der Waals surface area contributed by atoms with Crippen molar-refractivity contribution in [2.75, 3.05) is 0 Å². The van der Waals surface area contributed by atoms with Crippen LogP contribution < -0.4 is 5.11 Å². The number of carbonyl (C=O) groups is 1. The third kappa shape index (κ3) is 4.97. The lowest BCUT2D eigenvalue weighted by Gasteiger charge is -2.52. The molecule has 18 heavy (non-hydrogen) atoms. The molecule has 0 amide bonds. The Bertz CT molecular complexity index is 195. The molecular weight excluding hydrogens is 226 g/mol. The van der Waals surface area contributed by atoms with Crippen molar-refractivity contribution in [2.45, 2.75) is 92.9 Å². The summed E-state index contributed by atoms with van der Waals surface area (Å²) in [6.07, 6.45) is 0.111. The van der Waals surface area contributed by atoms with Gasteiger partial charge in [0, 0.05) is 5.97 Å². The van der Waals surface area contributed by atoms with E-state index >= 15 is 0 Å². The van der Waals surface area contributed by atoms with Crippen LogP contribution in [0.15, 0.2) is 0 Å². The number of hydrogen-bond donors (Lipinski definition) is 0. The smallest absolute Gasteiger partial charge is 0.0839 e. The summed E-state index contributed by atoms with van der Waals surface area (Å²) in [5, 5.41) is 9.26. The lowest BCUT2D eigenvalue weighted by molar-refractivity contribution is -1.00. The molecule has 0 saturated carbocycles. The van der Waals surface area contributed by atoms with Crippen LogP contribution in [0.4, 0.5) is 0 Å². The van der Waals surface area contributed by atoms with Crippen LogP contribution in [0.5, 0.6) is 0 Å². The van der Waals surface area contributed by atoms with Crippen molar-refractivity contribution in [3.8, 4) is 0 Å². The molecule has 3 heteroatoms. The zero-order valence-corrected chi connectivity index (χ0v) is 13.8. The summed E-state index contributed by atoms with van der Waals surface area (Å²) in [4.78, 5) is 9.26. The number of hydrogen-bond acceptors (Lipinski definition) is 2. The first-order chi connectivity index (χ1) is 8.04. The maximum Gasteiger partial charge on any atom is 0.0839 e. The van der Waals surface area contributed by atoms with Crippen LogP contribution in [-0.4, -0.2) is 34.6 Å². The number of quaternary nitrogens is 1. The van der Waals surface area contributed by atoms with Gasteiger partial charge in [0.15, 0.2) is 0 Å². The Balaban J connectivity index is 0. The molecule has 0 aromatic carbocycles. The van der Waals surface area contributed by atoms with Gasteiger partial charge in [0.2, 0.25) is 0 Å². The predicted molar refractivity (Wildman–Crippen MR) is 76.1 cm³/mol. The van der Waals surface area contributed by atoms with Gasteiger partial charge in [-0.15, -0.1) is 0 Å². The van der Waals surface area contributed by atoms with Crippen LogP contribution >= 0.6 is 0 Å². The maximum absolute atomic E-state index is 9.26. The number of nitrogens with zero attached hydrogens (tertiary/aromatic N) is 1. The van der Waals surface area contributed by atoms with Crippen LogP contribution in [-0.2, 0) is 4.79 Å². The van der Waals surface area contributed by atoms with Crippen molar-refractivity contribution in [2.24, 2.45) is 0 Å². The summed E-state index contributed by atoms with van der Waals surface area (Å²) in [6, 6.07) is 2.83. The highest BCUT2D eigenvalue weighted by atomic mass is 16.4. The normalized spacial score (nSPS) is 12.1. The van der Waals surface area contributed by atoms with Crippen LogP contribution in [0.1, 0.15) is 68.7 Å². The molecule has 0 bridgehead atoms. The molecule has 0 aliphatic rings. The Morgan fingerprint density at radius 2 is 1.00 bits per heavy atom. The molecule has 0 rings (SSSR count). The van der Waals surface area contributed by atoms with E-state index in [0.29, 0.717) is 24.2 Å². The van der Waals surface area contributed by atoms with Gasteiger partial charge < -0.3 is 14.4 Å². The molecule has 0 aromatic rings. The third-order valence-corrected chi connectivity index (χ3v) is 3.87. The van der Waals surface area contributed by atoms with Gasteiger partial charge in [-0.05, 0) is 61.8 Å². The van der Waals surface area contributed by atoms with Crippen molar-refractivity contribution < 1.29 is 14.4 Å². The molecule has 0 saturated heterocycles. The summed E-state index contributed by atoms with van der Waals surface area (Å²) >= 11 is 0. The Morgan fingerprint density at radius 1 is 0.833 bits per heavy atom. The average molecular weight is 259 g/mol. The standard InChI is InChI=1S/C12H28N.C3H6O2/c1-9(2)13(10(3)4,11(5)6)12(7)8;1-2-3(4)5/h9-12H,1-8H3;2H2,1H3,(H,4,5)/q+1;/p-1. The van der Waals surface area contributed by atoms with Gasteiger partial charge in [-0.1, -0.05) is 6.92 Å². The molecule has 110 valence electrons. The minimum Gasteiger partial charge on any atom is -0.550 e. The zero-order chi connectivity index (χ0) is 15.1. The van der Waals surface area contributed by atoms with Gasteiger partial charge in [0.25, 0.3) is 0 Å². The molecule has 0 unspecified atom stereocenters. The van der Waals surface area contributed by atoms with Crippen molar-refractivity contribution >= 4 is 5.97 Å². The molecule has 0 radical (unpaired) electrons. The molecule has 0 N–H and O–H groups in total. The van der Waals surface area contributed by atoms with Crippen LogP contribution in [0.3, 0.4) is 0 Å². The molecular formula is C15H33NO2. The van der Waals surface area contributed by atoms with E-state index in [-0.39, 0.29) is 6.42 Å². The quantitative estimate of drug-likeness (QED) is 0.712. The van der Waals surface area contributed by atoms with Gasteiger partial charge in [-0.2, -0.15) is 0 Å². The van der Waals surface area contributed by atoms with E-state index in [1.807, 2.05) is 0 Å². The van der Waals surface area contributed by atoms with E-state index in [0.717, 1.165) is 0 Å². The first-order valence-electron chi connectivity index (χ1n) is 7.12. The fourth-order valence-electron chi connectivity index (χ4n) is 3.58. The van der Waals surface area contributed by atoms with E-state index in [9.17, 15) is 9.90 Å².